The number of carboxylic acids is 1. The number of carboxylic acid groups (broad SMARTS) is 1. The van der Waals surface area contributed by atoms with Gasteiger partial charge < -0.3 is 10.4 Å². The second-order valence-corrected chi connectivity index (χ2v) is 3.48. The zero-order valence-corrected chi connectivity index (χ0v) is 8.72. The zero-order valence-electron chi connectivity index (χ0n) is 7.96. The van der Waals surface area contributed by atoms with Crippen LogP contribution >= 0.6 is 11.6 Å². The fraction of sp³-hybridized carbons (Fsp3) is 0.300. The summed E-state index contributed by atoms with van der Waals surface area (Å²) < 4.78 is 13.0. The van der Waals surface area contributed by atoms with Crippen molar-refractivity contribution < 1.29 is 14.3 Å². The highest BCUT2D eigenvalue weighted by molar-refractivity contribution is 6.30. The van der Waals surface area contributed by atoms with E-state index in [0.717, 1.165) is 5.56 Å². The maximum atomic E-state index is 13.0. The molecule has 0 aliphatic rings. The van der Waals surface area contributed by atoms with Gasteiger partial charge in [0.2, 0.25) is 0 Å². The minimum Gasteiger partial charge on any atom is -0.481 e. The van der Waals surface area contributed by atoms with Gasteiger partial charge in [-0.15, -0.1) is 0 Å². The first-order valence-corrected chi connectivity index (χ1v) is 4.84. The second kappa shape index (κ2) is 5.68. The monoisotopic (exact) mass is 231 g/mol. The average Bonchev–Trinajstić information content (AvgIpc) is 2.18. The molecule has 0 amide bonds. The molecule has 0 aromatic heterocycles. The van der Waals surface area contributed by atoms with Crippen molar-refractivity contribution >= 4 is 17.6 Å². The zero-order chi connectivity index (χ0) is 11.3. The lowest BCUT2D eigenvalue weighted by Gasteiger charge is -2.03. The second-order valence-electron chi connectivity index (χ2n) is 3.07. The van der Waals surface area contributed by atoms with Crippen molar-refractivity contribution in [3.05, 3.63) is 34.6 Å². The van der Waals surface area contributed by atoms with Gasteiger partial charge in [0.05, 0.1) is 11.4 Å². The van der Waals surface area contributed by atoms with Crippen LogP contribution in [0.25, 0.3) is 0 Å². The Morgan fingerprint density at radius 2 is 2.27 bits per heavy atom. The Morgan fingerprint density at radius 3 is 2.87 bits per heavy atom. The van der Waals surface area contributed by atoms with E-state index in [2.05, 4.69) is 5.32 Å². The van der Waals surface area contributed by atoms with Gasteiger partial charge in [-0.05, 0) is 17.7 Å². The molecule has 0 bridgehead atoms. The van der Waals surface area contributed by atoms with Crippen LogP contribution in [-0.2, 0) is 11.3 Å². The molecule has 15 heavy (non-hydrogen) atoms. The summed E-state index contributed by atoms with van der Waals surface area (Å²) in [5.41, 5.74) is 0.738. The van der Waals surface area contributed by atoms with E-state index in [-0.39, 0.29) is 11.4 Å². The van der Waals surface area contributed by atoms with Crippen molar-refractivity contribution in [2.45, 2.75) is 13.0 Å². The Bertz CT molecular complexity index is 357. The first-order valence-electron chi connectivity index (χ1n) is 4.46. The largest absolute Gasteiger partial charge is 0.481 e. The third-order valence-electron chi connectivity index (χ3n) is 1.83. The quantitative estimate of drug-likeness (QED) is 0.763. The molecule has 1 aromatic rings. The summed E-state index contributed by atoms with van der Waals surface area (Å²) in [6.07, 6.45) is 0.0517. The van der Waals surface area contributed by atoms with Gasteiger partial charge in [0.1, 0.15) is 5.82 Å². The number of hydrogen-bond acceptors (Lipinski definition) is 2. The smallest absolute Gasteiger partial charge is 0.304 e. The van der Waals surface area contributed by atoms with Crippen molar-refractivity contribution in [3.8, 4) is 0 Å². The average molecular weight is 232 g/mol. The molecule has 0 heterocycles. The predicted molar refractivity (Wildman–Crippen MR) is 55.4 cm³/mol. The molecule has 0 radical (unpaired) electrons. The van der Waals surface area contributed by atoms with Crippen LogP contribution in [0, 0.1) is 5.82 Å². The molecule has 0 unspecified atom stereocenters. The molecular formula is C10H11ClFNO2. The molecule has 2 N–H and O–H groups in total. The Morgan fingerprint density at radius 1 is 1.53 bits per heavy atom. The number of aliphatic carboxylic acids is 1. The summed E-state index contributed by atoms with van der Waals surface area (Å²) >= 11 is 5.51. The van der Waals surface area contributed by atoms with Crippen molar-refractivity contribution in [1.82, 2.24) is 5.32 Å². The Labute approximate surface area is 91.9 Å². The highest BCUT2D eigenvalue weighted by atomic mass is 35.5. The third kappa shape index (κ3) is 4.27. The van der Waals surface area contributed by atoms with Gasteiger partial charge >= 0.3 is 5.97 Å². The first-order chi connectivity index (χ1) is 7.09. The lowest BCUT2D eigenvalue weighted by molar-refractivity contribution is -0.136. The van der Waals surface area contributed by atoms with E-state index < -0.39 is 11.8 Å². The minimum absolute atomic E-state index is 0.0517. The van der Waals surface area contributed by atoms with Gasteiger partial charge in [-0.1, -0.05) is 17.7 Å². The molecule has 0 saturated carbocycles. The van der Waals surface area contributed by atoms with E-state index in [0.29, 0.717) is 13.1 Å². The van der Waals surface area contributed by atoms with Crippen LogP contribution in [0.1, 0.15) is 12.0 Å². The van der Waals surface area contributed by atoms with Crippen molar-refractivity contribution in [2.24, 2.45) is 0 Å². The number of rotatable bonds is 5. The molecule has 0 fully saturated rings. The van der Waals surface area contributed by atoms with Crippen molar-refractivity contribution in [1.29, 1.82) is 0 Å². The number of benzene rings is 1. The summed E-state index contributed by atoms with van der Waals surface area (Å²) in [4.78, 5) is 10.2. The third-order valence-corrected chi connectivity index (χ3v) is 2.14. The van der Waals surface area contributed by atoms with Crippen LogP contribution in [0.4, 0.5) is 4.39 Å². The first kappa shape index (κ1) is 11.9. The number of hydrogen-bond donors (Lipinski definition) is 2. The fourth-order valence-corrected chi connectivity index (χ4v) is 1.20. The molecule has 0 atom stereocenters. The SMILES string of the molecule is O=C(O)CCNCc1ccc(Cl)c(F)c1. The van der Waals surface area contributed by atoms with E-state index in [1.54, 1.807) is 6.07 Å². The van der Waals surface area contributed by atoms with Gasteiger partial charge in [0, 0.05) is 13.1 Å². The molecule has 0 aliphatic heterocycles. The maximum absolute atomic E-state index is 13.0. The highest BCUT2D eigenvalue weighted by Crippen LogP contribution is 2.15. The number of nitrogens with one attached hydrogen (secondary N) is 1. The van der Waals surface area contributed by atoms with E-state index in [1.807, 2.05) is 0 Å². The molecule has 0 spiro atoms. The summed E-state index contributed by atoms with van der Waals surface area (Å²) in [6, 6.07) is 4.50. The van der Waals surface area contributed by atoms with E-state index in [9.17, 15) is 9.18 Å². The lowest BCUT2D eigenvalue weighted by Crippen LogP contribution is -2.17. The van der Waals surface area contributed by atoms with Crippen molar-refractivity contribution in [2.75, 3.05) is 6.54 Å². The van der Waals surface area contributed by atoms with Crippen molar-refractivity contribution in [3.63, 3.8) is 0 Å². The summed E-state index contributed by atoms with van der Waals surface area (Å²) in [6.45, 7) is 0.793. The van der Waals surface area contributed by atoms with Crippen LogP contribution in [0.5, 0.6) is 0 Å². The highest BCUT2D eigenvalue weighted by Gasteiger charge is 2.01. The summed E-state index contributed by atoms with van der Waals surface area (Å²) in [5.74, 6) is -1.32. The molecule has 82 valence electrons. The van der Waals surface area contributed by atoms with Crippen LogP contribution in [0.3, 0.4) is 0 Å². The van der Waals surface area contributed by atoms with Gasteiger partial charge in [-0.3, -0.25) is 4.79 Å². The summed E-state index contributed by atoms with van der Waals surface area (Å²) in [5, 5.41) is 11.4. The molecular weight excluding hydrogens is 221 g/mol. The molecule has 1 rings (SSSR count). The van der Waals surface area contributed by atoms with Gasteiger partial charge in [0.25, 0.3) is 0 Å². The van der Waals surface area contributed by atoms with Crippen LogP contribution in [0.2, 0.25) is 5.02 Å². The molecule has 3 nitrogen and oxygen atoms in total. The molecule has 0 aliphatic carbocycles. The topological polar surface area (TPSA) is 49.3 Å². The normalized spacial score (nSPS) is 10.3. The molecule has 0 saturated heterocycles. The van der Waals surface area contributed by atoms with E-state index in [4.69, 9.17) is 16.7 Å². The number of halogens is 2. The fourth-order valence-electron chi connectivity index (χ4n) is 1.08. The van der Waals surface area contributed by atoms with Crippen LogP contribution in [0.15, 0.2) is 18.2 Å². The maximum Gasteiger partial charge on any atom is 0.304 e. The standard InChI is InChI=1S/C10H11ClFNO2/c11-8-2-1-7(5-9(8)12)6-13-4-3-10(14)15/h1-2,5,13H,3-4,6H2,(H,14,15). The Hall–Kier alpha value is -1.13. The van der Waals surface area contributed by atoms with Crippen LogP contribution < -0.4 is 5.32 Å². The Kier molecular flexibility index (Phi) is 4.52. The van der Waals surface area contributed by atoms with E-state index in [1.165, 1.54) is 12.1 Å². The summed E-state index contributed by atoms with van der Waals surface area (Å²) in [7, 11) is 0. The van der Waals surface area contributed by atoms with Gasteiger partial charge in [0.15, 0.2) is 0 Å². The molecule has 5 heteroatoms. The van der Waals surface area contributed by atoms with Gasteiger partial charge in [-0.25, -0.2) is 4.39 Å². The van der Waals surface area contributed by atoms with Crippen LogP contribution in [-0.4, -0.2) is 17.6 Å². The lowest BCUT2D eigenvalue weighted by atomic mass is 10.2. The molecule has 1 aromatic carbocycles. The number of carbonyl (C=O) groups is 1. The minimum atomic E-state index is -0.857. The van der Waals surface area contributed by atoms with E-state index >= 15 is 0 Å². The van der Waals surface area contributed by atoms with Gasteiger partial charge in [-0.2, -0.15) is 0 Å². The predicted octanol–water partition coefficient (Wildman–Crippen LogP) is 2.04. The Balaban J connectivity index is 2.38.